The van der Waals surface area contributed by atoms with Crippen molar-refractivity contribution in [3.63, 3.8) is 0 Å². The Morgan fingerprint density at radius 2 is 2.00 bits per heavy atom. The van der Waals surface area contributed by atoms with Gasteiger partial charge in [-0.25, -0.2) is 4.79 Å². The zero-order chi connectivity index (χ0) is 16.0. The van der Waals surface area contributed by atoms with Gasteiger partial charge in [-0.2, -0.15) is 0 Å². The van der Waals surface area contributed by atoms with Crippen molar-refractivity contribution in [2.24, 2.45) is 5.92 Å². The van der Waals surface area contributed by atoms with Crippen molar-refractivity contribution in [1.29, 1.82) is 0 Å². The quantitative estimate of drug-likeness (QED) is 0.803. The van der Waals surface area contributed by atoms with Crippen LogP contribution in [-0.2, 0) is 15.1 Å². The maximum absolute atomic E-state index is 11.3. The Morgan fingerprint density at radius 1 is 1.27 bits per heavy atom. The van der Waals surface area contributed by atoms with Crippen LogP contribution in [-0.4, -0.2) is 24.0 Å². The number of carboxylic acid groups (broad SMARTS) is 1. The molecule has 4 nitrogen and oxygen atoms in total. The van der Waals surface area contributed by atoms with Crippen LogP contribution < -0.4 is 0 Å². The lowest BCUT2D eigenvalue weighted by atomic mass is 9.76. The molecule has 0 heterocycles. The highest BCUT2D eigenvalue weighted by Crippen LogP contribution is 2.40. The third-order valence-electron chi connectivity index (χ3n) is 3.71. The SMILES string of the molecule is CC(C)OCCC1C=CC=CC1(OC(=O)O)c1ccccc1. The fraction of sp³-hybridized carbons (Fsp3) is 0.389. The van der Waals surface area contributed by atoms with E-state index in [0.29, 0.717) is 13.0 Å². The van der Waals surface area contributed by atoms with E-state index in [0.717, 1.165) is 5.56 Å². The summed E-state index contributed by atoms with van der Waals surface area (Å²) in [4.78, 5) is 11.3. The third kappa shape index (κ3) is 3.77. The van der Waals surface area contributed by atoms with E-state index in [-0.39, 0.29) is 12.0 Å². The Balaban J connectivity index is 2.29. The molecule has 0 saturated carbocycles. The van der Waals surface area contributed by atoms with Gasteiger partial charge in [0.25, 0.3) is 0 Å². The molecular formula is C18H22O4. The lowest BCUT2D eigenvalue weighted by Gasteiger charge is -2.37. The van der Waals surface area contributed by atoms with Crippen LogP contribution in [0, 0.1) is 5.92 Å². The zero-order valence-corrected chi connectivity index (χ0v) is 12.9. The van der Waals surface area contributed by atoms with Crippen LogP contribution in [0.4, 0.5) is 4.79 Å². The Labute approximate surface area is 131 Å². The first-order valence-electron chi connectivity index (χ1n) is 7.49. The number of allylic oxidation sites excluding steroid dienone is 2. The van der Waals surface area contributed by atoms with E-state index in [2.05, 4.69) is 0 Å². The summed E-state index contributed by atoms with van der Waals surface area (Å²) >= 11 is 0. The van der Waals surface area contributed by atoms with Gasteiger partial charge in [0.2, 0.25) is 0 Å². The van der Waals surface area contributed by atoms with Crippen molar-refractivity contribution in [1.82, 2.24) is 0 Å². The minimum Gasteiger partial charge on any atom is -0.450 e. The predicted octanol–water partition coefficient (Wildman–Crippen LogP) is 4.13. The molecule has 1 aliphatic carbocycles. The summed E-state index contributed by atoms with van der Waals surface area (Å²) in [5.74, 6) is -0.102. The number of carbonyl (C=O) groups is 1. The van der Waals surface area contributed by atoms with Crippen LogP contribution in [0.5, 0.6) is 0 Å². The second-order valence-electron chi connectivity index (χ2n) is 5.59. The van der Waals surface area contributed by atoms with Crippen LogP contribution in [0.2, 0.25) is 0 Å². The molecule has 1 aliphatic rings. The topological polar surface area (TPSA) is 55.8 Å². The van der Waals surface area contributed by atoms with Crippen molar-refractivity contribution in [3.05, 3.63) is 60.2 Å². The summed E-state index contributed by atoms with van der Waals surface area (Å²) in [5, 5.41) is 9.21. The lowest BCUT2D eigenvalue weighted by Crippen LogP contribution is -2.39. The Bertz CT molecular complexity index is 547. The van der Waals surface area contributed by atoms with Gasteiger partial charge >= 0.3 is 6.16 Å². The molecule has 0 radical (unpaired) electrons. The van der Waals surface area contributed by atoms with Gasteiger partial charge in [0, 0.05) is 18.1 Å². The molecule has 0 fully saturated rings. The molecule has 1 N–H and O–H groups in total. The highest BCUT2D eigenvalue weighted by atomic mass is 16.7. The van der Waals surface area contributed by atoms with E-state index in [4.69, 9.17) is 9.47 Å². The first kappa shape index (κ1) is 16.3. The van der Waals surface area contributed by atoms with Crippen LogP contribution in [0.3, 0.4) is 0 Å². The minimum absolute atomic E-state index is 0.102. The largest absolute Gasteiger partial charge is 0.507 e. The fourth-order valence-electron chi connectivity index (χ4n) is 2.73. The molecule has 4 heteroatoms. The predicted molar refractivity (Wildman–Crippen MR) is 84.7 cm³/mol. The molecule has 0 bridgehead atoms. The van der Waals surface area contributed by atoms with Crippen molar-refractivity contribution < 1.29 is 19.4 Å². The molecule has 22 heavy (non-hydrogen) atoms. The van der Waals surface area contributed by atoms with Gasteiger partial charge < -0.3 is 14.6 Å². The van der Waals surface area contributed by atoms with Gasteiger partial charge in [0.15, 0.2) is 5.60 Å². The standard InChI is InChI=1S/C18H22O4/c1-14(2)21-13-11-16-10-6-7-12-18(16,22-17(19)20)15-8-4-3-5-9-15/h3-10,12,14,16H,11,13H2,1-2H3,(H,19,20). The molecule has 1 aromatic rings. The van der Waals surface area contributed by atoms with Crippen LogP contribution in [0.15, 0.2) is 54.6 Å². The maximum Gasteiger partial charge on any atom is 0.507 e. The average Bonchev–Trinajstić information content (AvgIpc) is 2.49. The smallest absolute Gasteiger partial charge is 0.450 e. The molecule has 0 aromatic heterocycles. The fourth-order valence-corrected chi connectivity index (χ4v) is 2.73. The molecule has 2 rings (SSSR count). The molecule has 0 aliphatic heterocycles. The number of ether oxygens (including phenoxy) is 2. The van der Waals surface area contributed by atoms with Gasteiger partial charge in [0.1, 0.15) is 0 Å². The second-order valence-corrected chi connectivity index (χ2v) is 5.59. The molecule has 0 saturated heterocycles. The third-order valence-corrected chi connectivity index (χ3v) is 3.71. The van der Waals surface area contributed by atoms with Crippen LogP contribution >= 0.6 is 0 Å². The van der Waals surface area contributed by atoms with E-state index in [9.17, 15) is 9.90 Å². The van der Waals surface area contributed by atoms with Crippen molar-refractivity contribution in [3.8, 4) is 0 Å². The molecule has 2 unspecified atom stereocenters. The number of rotatable bonds is 6. The van der Waals surface area contributed by atoms with Crippen molar-refractivity contribution >= 4 is 6.16 Å². The first-order chi connectivity index (χ1) is 10.5. The van der Waals surface area contributed by atoms with Gasteiger partial charge in [-0.3, -0.25) is 0 Å². The number of benzene rings is 1. The summed E-state index contributed by atoms with van der Waals surface area (Å²) in [5.41, 5.74) is -0.171. The Morgan fingerprint density at radius 3 is 2.64 bits per heavy atom. The zero-order valence-electron chi connectivity index (χ0n) is 12.9. The van der Waals surface area contributed by atoms with Gasteiger partial charge in [-0.15, -0.1) is 0 Å². The van der Waals surface area contributed by atoms with Crippen molar-refractivity contribution in [2.75, 3.05) is 6.61 Å². The monoisotopic (exact) mass is 302 g/mol. The summed E-state index contributed by atoms with van der Waals surface area (Å²) in [6.45, 7) is 4.52. The van der Waals surface area contributed by atoms with E-state index in [1.54, 1.807) is 0 Å². The van der Waals surface area contributed by atoms with Crippen molar-refractivity contribution in [2.45, 2.75) is 32.0 Å². The molecule has 118 valence electrons. The summed E-state index contributed by atoms with van der Waals surface area (Å²) in [6.07, 6.45) is 7.10. The number of hydrogen-bond donors (Lipinski definition) is 1. The van der Waals surface area contributed by atoms with E-state index in [1.165, 1.54) is 0 Å². The second kappa shape index (κ2) is 7.27. The van der Waals surface area contributed by atoms with E-state index in [1.807, 2.05) is 68.5 Å². The van der Waals surface area contributed by atoms with E-state index < -0.39 is 11.8 Å². The summed E-state index contributed by atoms with van der Waals surface area (Å²) in [6, 6.07) is 9.45. The van der Waals surface area contributed by atoms with Gasteiger partial charge in [-0.05, 0) is 26.3 Å². The van der Waals surface area contributed by atoms with Gasteiger partial charge in [-0.1, -0.05) is 48.6 Å². The van der Waals surface area contributed by atoms with E-state index >= 15 is 0 Å². The minimum atomic E-state index is -1.28. The van der Waals surface area contributed by atoms with Gasteiger partial charge in [0.05, 0.1) is 6.10 Å². The Kier molecular flexibility index (Phi) is 5.39. The molecule has 0 amide bonds. The highest BCUT2D eigenvalue weighted by Gasteiger charge is 2.41. The van der Waals surface area contributed by atoms with Crippen LogP contribution in [0.25, 0.3) is 0 Å². The average molecular weight is 302 g/mol. The maximum atomic E-state index is 11.3. The normalized spacial score (nSPS) is 23.7. The molecule has 0 spiro atoms. The van der Waals surface area contributed by atoms with Crippen LogP contribution in [0.1, 0.15) is 25.8 Å². The molecule has 2 atom stereocenters. The molecule has 1 aromatic carbocycles. The summed E-state index contributed by atoms with van der Waals surface area (Å²) in [7, 11) is 0. The number of hydrogen-bond acceptors (Lipinski definition) is 3. The summed E-state index contributed by atoms with van der Waals surface area (Å²) < 4.78 is 11.0. The lowest BCUT2D eigenvalue weighted by molar-refractivity contribution is -0.0295. The first-order valence-corrected chi connectivity index (χ1v) is 7.49. The Hall–Kier alpha value is -2.07. The highest BCUT2D eigenvalue weighted by molar-refractivity contribution is 5.59. The molecular weight excluding hydrogens is 280 g/mol.